The summed E-state index contributed by atoms with van der Waals surface area (Å²) in [6, 6.07) is 0. The van der Waals surface area contributed by atoms with Gasteiger partial charge in [-0.15, -0.1) is 0 Å². The Morgan fingerprint density at radius 3 is 2.30 bits per heavy atom. The summed E-state index contributed by atoms with van der Waals surface area (Å²) < 4.78 is 5.34. The van der Waals surface area contributed by atoms with Crippen LogP contribution in [0.2, 0.25) is 0 Å². The van der Waals surface area contributed by atoms with Crippen LogP contribution < -0.4 is 0 Å². The van der Waals surface area contributed by atoms with Gasteiger partial charge in [0.15, 0.2) is 0 Å². The van der Waals surface area contributed by atoms with Crippen molar-refractivity contribution in [2.45, 2.75) is 33.8 Å². The molecule has 2 heteroatoms. The van der Waals surface area contributed by atoms with Crippen molar-refractivity contribution in [1.82, 2.24) is 0 Å². The minimum absolute atomic E-state index is 0.115. The molecule has 0 saturated carbocycles. The van der Waals surface area contributed by atoms with E-state index < -0.39 is 0 Å². The van der Waals surface area contributed by atoms with E-state index in [1.54, 1.807) is 0 Å². The number of rotatable bonds is 4. The van der Waals surface area contributed by atoms with Crippen LogP contribution in [-0.2, 0) is 4.74 Å². The Morgan fingerprint density at radius 1 is 1.50 bits per heavy atom. The average molecular weight is 146 g/mol. The number of aliphatic hydroxyl groups excluding tert-OH is 1. The van der Waals surface area contributed by atoms with Crippen LogP contribution in [0.4, 0.5) is 0 Å². The van der Waals surface area contributed by atoms with Crippen LogP contribution in [0.25, 0.3) is 0 Å². The first-order valence-electron chi connectivity index (χ1n) is 3.77. The van der Waals surface area contributed by atoms with Crippen LogP contribution in [0.5, 0.6) is 0 Å². The molecule has 0 spiro atoms. The van der Waals surface area contributed by atoms with Crippen LogP contribution in [0.3, 0.4) is 0 Å². The third-order valence-electron chi connectivity index (χ3n) is 1.92. The largest absolute Gasteiger partial charge is 0.396 e. The van der Waals surface area contributed by atoms with Crippen LogP contribution in [0.15, 0.2) is 0 Å². The standard InChI is InChI=1S/C8H18O2/c1-5-10-7(2)8(3,4)6-9/h7,9H,5-6H2,1-4H3. The van der Waals surface area contributed by atoms with E-state index in [1.165, 1.54) is 0 Å². The molecule has 1 atom stereocenters. The molecule has 0 amide bonds. The number of ether oxygens (including phenoxy) is 1. The molecule has 0 fully saturated rings. The second kappa shape index (κ2) is 3.94. The molecule has 10 heavy (non-hydrogen) atoms. The molecule has 0 radical (unpaired) electrons. The van der Waals surface area contributed by atoms with Crippen LogP contribution in [0.1, 0.15) is 27.7 Å². The van der Waals surface area contributed by atoms with Gasteiger partial charge in [0.05, 0.1) is 12.7 Å². The second-order valence-electron chi connectivity index (χ2n) is 3.24. The van der Waals surface area contributed by atoms with Crippen molar-refractivity contribution < 1.29 is 9.84 Å². The fourth-order valence-electron chi connectivity index (χ4n) is 0.604. The maximum atomic E-state index is 8.91. The van der Waals surface area contributed by atoms with E-state index in [2.05, 4.69) is 0 Å². The Kier molecular flexibility index (Phi) is 3.91. The summed E-state index contributed by atoms with van der Waals surface area (Å²) in [6.45, 7) is 8.82. The monoisotopic (exact) mass is 146 g/mol. The Morgan fingerprint density at radius 2 is 2.00 bits per heavy atom. The average Bonchev–Trinajstić information content (AvgIpc) is 1.89. The van der Waals surface area contributed by atoms with Gasteiger partial charge in [0.2, 0.25) is 0 Å². The predicted molar refractivity (Wildman–Crippen MR) is 42.0 cm³/mol. The van der Waals surface area contributed by atoms with E-state index in [0.29, 0.717) is 6.61 Å². The van der Waals surface area contributed by atoms with Crippen LogP contribution in [-0.4, -0.2) is 24.4 Å². The van der Waals surface area contributed by atoms with Crippen molar-refractivity contribution in [3.63, 3.8) is 0 Å². The molecule has 0 heterocycles. The summed E-state index contributed by atoms with van der Waals surface area (Å²) in [4.78, 5) is 0. The van der Waals surface area contributed by atoms with E-state index in [1.807, 2.05) is 27.7 Å². The highest BCUT2D eigenvalue weighted by molar-refractivity contribution is 4.74. The van der Waals surface area contributed by atoms with Crippen LogP contribution in [0, 0.1) is 5.41 Å². The lowest BCUT2D eigenvalue weighted by molar-refractivity contribution is -0.0325. The minimum Gasteiger partial charge on any atom is -0.396 e. The lowest BCUT2D eigenvalue weighted by atomic mass is 9.89. The quantitative estimate of drug-likeness (QED) is 0.650. The molecule has 1 N–H and O–H groups in total. The van der Waals surface area contributed by atoms with Gasteiger partial charge in [-0.3, -0.25) is 0 Å². The zero-order chi connectivity index (χ0) is 8.20. The Balaban J connectivity index is 3.78. The first kappa shape index (κ1) is 9.92. The van der Waals surface area contributed by atoms with Gasteiger partial charge < -0.3 is 9.84 Å². The minimum atomic E-state index is -0.115. The van der Waals surface area contributed by atoms with E-state index in [4.69, 9.17) is 9.84 Å². The zero-order valence-corrected chi connectivity index (χ0v) is 7.35. The third kappa shape index (κ3) is 2.67. The SMILES string of the molecule is CCOC(C)C(C)(C)CO. The normalized spacial score (nSPS) is 15.3. The number of hydrogen-bond donors (Lipinski definition) is 1. The molecule has 0 bridgehead atoms. The van der Waals surface area contributed by atoms with Crippen molar-refractivity contribution in [2.75, 3.05) is 13.2 Å². The van der Waals surface area contributed by atoms with Crippen molar-refractivity contribution in [2.24, 2.45) is 5.41 Å². The summed E-state index contributed by atoms with van der Waals surface area (Å²) in [5.41, 5.74) is -0.115. The van der Waals surface area contributed by atoms with Gasteiger partial charge >= 0.3 is 0 Å². The molecule has 0 aromatic carbocycles. The second-order valence-corrected chi connectivity index (χ2v) is 3.24. The fraction of sp³-hybridized carbons (Fsp3) is 1.00. The third-order valence-corrected chi connectivity index (χ3v) is 1.92. The van der Waals surface area contributed by atoms with E-state index in [0.717, 1.165) is 0 Å². The summed E-state index contributed by atoms with van der Waals surface area (Å²) in [6.07, 6.45) is 0.127. The van der Waals surface area contributed by atoms with Crippen LogP contribution >= 0.6 is 0 Å². The van der Waals surface area contributed by atoms with Gasteiger partial charge in [-0.2, -0.15) is 0 Å². The molecule has 1 unspecified atom stereocenters. The predicted octanol–water partition coefficient (Wildman–Crippen LogP) is 1.43. The van der Waals surface area contributed by atoms with E-state index in [-0.39, 0.29) is 18.1 Å². The highest BCUT2D eigenvalue weighted by Crippen LogP contribution is 2.21. The molecule has 0 saturated heterocycles. The van der Waals surface area contributed by atoms with E-state index in [9.17, 15) is 0 Å². The first-order chi connectivity index (χ1) is 4.54. The number of aliphatic hydroxyl groups is 1. The van der Waals surface area contributed by atoms with Gasteiger partial charge in [-0.25, -0.2) is 0 Å². The van der Waals surface area contributed by atoms with Gasteiger partial charge in [-0.1, -0.05) is 13.8 Å². The molecule has 0 rings (SSSR count). The zero-order valence-electron chi connectivity index (χ0n) is 7.35. The van der Waals surface area contributed by atoms with Crippen molar-refractivity contribution in [3.8, 4) is 0 Å². The fourth-order valence-corrected chi connectivity index (χ4v) is 0.604. The molecule has 0 aliphatic heterocycles. The molecular formula is C8H18O2. The van der Waals surface area contributed by atoms with Gasteiger partial charge in [0, 0.05) is 12.0 Å². The number of hydrogen-bond acceptors (Lipinski definition) is 2. The highest BCUT2D eigenvalue weighted by Gasteiger charge is 2.24. The Bertz CT molecular complexity index is 89.3. The van der Waals surface area contributed by atoms with Gasteiger partial charge in [0.25, 0.3) is 0 Å². The lowest BCUT2D eigenvalue weighted by Crippen LogP contribution is -2.32. The first-order valence-corrected chi connectivity index (χ1v) is 3.77. The summed E-state index contributed by atoms with van der Waals surface area (Å²) >= 11 is 0. The van der Waals surface area contributed by atoms with Crippen molar-refractivity contribution >= 4 is 0 Å². The molecule has 0 aliphatic rings. The molecular weight excluding hydrogens is 128 g/mol. The highest BCUT2D eigenvalue weighted by atomic mass is 16.5. The van der Waals surface area contributed by atoms with Gasteiger partial charge in [0.1, 0.15) is 0 Å². The molecule has 0 aliphatic carbocycles. The maximum Gasteiger partial charge on any atom is 0.0619 e. The lowest BCUT2D eigenvalue weighted by Gasteiger charge is -2.28. The van der Waals surface area contributed by atoms with E-state index >= 15 is 0 Å². The summed E-state index contributed by atoms with van der Waals surface area (Å²) in [7, 11) is 0. The van der Waals surface area contributed by atoms with Gasteiger partial charge in [-0.05, 0) is 13.8 Å². The topological polar surface area (TPSA) is 29.5 Å². The summed E-state index contributed by atoms with van der Waals surface area (Å²) in [5.74, 6) is 0. The molecule has 2 nitrogen and oxygen atoms in total. The maximum absolute atomic E-state index is 8.91. The molecule has 0 aromatic heterocycles. The Labute approximate surface area is 63.2 Å². The molecule has 0 aromatic rings. The summed E-state index contributed by atoms with van der Waals surface area (Å²) in [5, 5.41) is 8.91. The van der Waals surface area contributed by atoms with Crippen molar-refractivity contribution in [3.05, 3.63) is 0 Å². The molecule has 62 valence electrons. The van der Waals surface area contributed by atoms with Crippen molar-refractivity contribution in [1.29, 1.82) is 0 Å². The smallest absolute Gasteiger partial charge is 0.0619 e. The Hall–Kier alpha value is -0.0800.